The molecule has 1 aromatic carbocycles. The van der Waals surface area contributed by atoms with Gasteiger partial charge in [-0.1, -0.05) is 19.1 Å². The third-order valence-corrected chi connectivity index (χ3v) is 6.60. The minimum absolute atomic E-state index is 0.0707. The van der Waals surface area contributed by atoms with E-state index in [0.717, 1.165) is 30.6 Å². The molecule has 1 saturated heterocycles. The minimum Gasteiger partial charge on any atom is -0.497 e. The van der Waals surface area contributed by atoms with Crippen LogP contribution in [0, 0.1) is 5.92 Å². The van der Waals surface area contributed by atoms with Crippen molar-refractivity contribution in [2.45, 2.75) is 39.2 Å². The molecular weight excluding hydrogens is 340 g/mol. The predicted octanol–water partition coefficient (Wildman–Crippen LogP) is 2.32. The van der Waals surface area contributed by atoms with Gasteiger partial charge >= 0.3 is 0 Å². The molecule has 1 aliphatic heterocycles. The van der Waals surface area contributed by atoms with E-state index in [1.165, 1.54) is 4.31 Å². The molecule has 2 atom stereocenters. The van der Waals surface area contributed by atoms with Gasteiger partial charge in [0, 0.05) is 13.1 Å². The van der Waals surface area contributed by atoms with E-state index in [2.05, 4.69) is 5.32 Å². The highest BCUT2D eigenvalue weighted by Crippen LogP contribution is 2.23. The Bertz CT molecular complexity index is 673. The van der Waals surface area contributed by atoms with Crippen molar-refractivity contribution in [1.29, 1.82) is 0 Å². The Balaban J connectivity index is 2.03. The fraction of sp³-hybridized carbons (Fsp3) is 0.611. The van der Waals surface area contributed by atoms with Crippen LogP contribution in [0.1, 0.15) is 44.7 Å². The second-order valence-corrected chi connectivity index (χ2v) is 8.60. The van der Waals surface area contributed by atoms with Crippen LogP contribution in [-0.2, 0) is 14.8 Å². The molecule has 6 nitrogen and oxygen atoms in total. The highest BCUT2D eigenvalue weighted by atomic mass is 32.2. The van der Waals surface area contributed by atoms with Gasteiger partial charge in [-0.25, -0.2) is 12.7 Å². The van der Waals surface area contributed by atoms with Crippen LogP contribution in [0.5, 0.6) is 5.75 Å². The molecule has 25 heavy (non-hydrogen) atoms. The van der Waals surface area contributed by atoms with Crippen molar-refractivity contribution in [3.8, 4) is 5.75 Å². The van der Waals surface area contributed by atoms with Crippen molar-refractivity contribution in [1.82, 2.24) is 9.62 Å². The van der Waals surface area contributed by atoms with E-state index in [0.29, 0.717) is 6.54 Å². The maximum atomic E-state index is 12.7. The lowest BCUT2D eigenvalue weighted by molar-refractivity contribution is -0.126. The summed E-state index contributed by atoms with van der Waals surface area (Å²) in [7, 11) is -1.62. The van der Waals surface area contributed by atoms with Crippen LogP contribution < -0.4 is 10.1 Å². The number of methoxy groups -OCH3 is 1. The largest absolute Gasteiger partial charge is 0.497 e. The number of hydrogen-bond acceptors (Lipinski definition) is 4. The van der Waals surface area contributed by atoms with Gasteiger partial charge in [0.05, 0.1) is 24.8 Å². The second-order valence-electron chi connectivity index (χ2n) is 6.34. The van der Waals surface area contributed by atoms with Gasteiger partial charge < -0.3 is 10.1 Å². The zero-order valence-corrected chi connectivity index (χ0v) is 16.0. The number of nitrogens with one attached hydrogen (secondary N) is 1. The van der Waals surface area contributed by atoms with Gasteiger partial charge in [-0.2, -0.15) is 0 Å². The average Bonchev–Trinajstić information content (AvgIpc) is 2.66. The quantitative estimate of drug-likeness (QED) is 0.801. The summed E-state index contributed by atoms with van der Waals surface area (Å²) >= 11 is 0. The van der Waals surface area contributed by atoms with Crippen molar-refractivity contribution in [2.24, 2.45) is 5.92 Å². The molecule has 0 saturated carbocycles. The first-order valence-corrected chi connectivity index (χ1v) is 10.4. The molecule has 1 heterocycles. The SMILES string of the molecule is CC[C@@H](NC(=O)[C@H]1CCCN(S(=O)(=O)CC)C1)c1ccc(OC)cc1. The molecule has 2 rings (SSSR count). The van der Waals surface area contributed by atoms with Crippen LogP contribution in [0.2, 0.25) is 0 Å². The summed E-state index contributed by atoms with van der Waals surface area (Å²) in [4.78, 5) is 12.7. The summed E-state index contributed by atoms with van der Waals surface area (Å²) in [6.45, 7) is 4.44. The van der Waals surface area contributed by atoms with E-state index in [9.17, 15) is 13.2 Å². The van der Waals surface area contributed by atoms with Crippen LogP contribution in [0.25, 0.3) is 0 Å². The Hall–Kier alpha value is -1.60. The third kappa shape index (κ3) is 4.95. The number of rotatable bonds is 7. The number of carbonyl (C=O) groups is 1. The molecule has 0 aliphatic carbocycles. The lowest BCUT2D eigenvalue weighted by Crippen LogP contribution is -2.46. The van der Waals surface area contributed by atoms with Crippen LogP contribution >= 0.6 is 0 Å². The maximum Gasteiger partial charge on any atom is 0.224 e. The minimum atomic E-state index is -3.24. The van der Waals surface area contributed by atoms with E-state index in [4.69, 9.17) is 4.74 Å². The van der Waals surface area contributed by atoms with Crippen LogP contribution in [-0.4, -0.2) is 44.6 Å². The molecule has 0 aromatic heterocycles. The molecule has 1 amide bonds. The molecule has 1 aliphatic rings. The third-order valence-electron chi connectivity index (χ3n) is 4.76. The summed E-state index contributed by atoms with van der Waals surface area (Å²) in [6, 6.07) is 7.56. The number of ether oxygens (including phenoxy) is 1. The summed E-state index contributed by atoms with van der Waals surface area (Å²) < 4.78 is 30.7. The van der Waals surface area contributed by atoms with E-state index in [1.807, 2.05) is 31.2 Å². The second kappa shape index (κ2) is 8.67. The first kappa shape index (κ1) is 19.7. The lowest BCUT2D eigenvalue weighted by Gasteiger charge is -2.32. The molecule has 140 valence electrons. The molecule has 7 heteroatoms. The molecule has 0 spiro atoms. The number of hydrogen-bond donors (Lipinski definition) is 1. The maximum absolute atomic E-state index is 12.7. The van der Waals surface area contributed by atoms with E-state index in [1.54, 1.807) is 14.0 Å². The van der Waals surface area contributed by atoms with Gasteiger partial charge in [-0.3, -0.25) is 4.79 Å². The average molecular weight is 368 g/mol. The van der Waals surface area contributed by atoms with Gasteiger partial charge in [0.2, 0.25) is 15.9 Å². The van der Waals surface area contributed by atoms with E-state index < -0.39 is 10.0 Å². The number of carbonyl (C=O) groups excluding carboxylic acids is 1. The molecule has 0 radical (unpaired) electrons. The van der Waals surface area contributed by atoms with Gasteiger partial charge in [-0.15, -0.1) is 0 Å². The van der Waals surface area contributed by atoms with Crippen molar-refractivity contribution in [3.63, 3.8) is 0 Å². The highest BCUT2D eigenvalue weighted by molar-refractivity contribution is 7.89. The van der Waals surface area contributed by atoms with Crippen molar-refractivity contribution in [3.05, 3.63) is 29.8 Å². The van der Waals surface area contributed by atoms with Gasteiger partial charge in [-0.05, 0) is 43.9 Å². The number of nitrogens with zero attached hydrogens (tertiary/aromatic N) is 1. The number of piperidine rings is 1. The zero-order valence-electron chi connectivity index (χ0n) is 15.2. The molecule has 1 N–H and O–H groups in total. The first-order valence-electron chi connectivity index (χ1n) is 8.83. The number of amides is 1. The Kier molecular flexibility index (Phi) is 6.84. The van der Waals surface area contributed by atoms with Crippen LogP contribution in [0.4, 0.5) is 0 Å². The summed E-state index contributed by atoms with van der Waals surface area (Å²) in [5.41, 5.74) is 1.02. The van der Waals surface area contributed by atoms with Crippen molar-refractivity contribution in [2.75, 3.05) is 26.0 Å². The normalized spacial score (nSPS) is 20.0. The van der Waals surface area contributed by atoms with E-state index >= 15 is 0 Å². The van der Waals surface area contributed by atoms with E-state index in [-0.39, 0.29) is 30.2 Å². The summed E-state index contributed by atoms with van der Waals surface area (Å²) in [5.74, 6) is 0.490. The summed E-state index contributed by atoms with van der Waals surface area (Å²) in [6.07, 6.45) is 2.21. The van der Waals surface area contributed by atoms with Crippen molar-refractivity contribution >= 4 is 15.9 Å². The predicted molar refractivity (Wildman–Crippen MR) is 97.9 cm³/mol. The van der Waals surface area contributed by atoms with Crippen molar-refractivity contribution < 1.29 is 17.9 Å². The van der Waals surface area contributed by atoms with Crippen LogP contribution in [0.15, 0.2) is 24.3 Å². The topological polar surface area (TPSA) is 75.7 Å². The van der Waals surface area contributed by atoms with Gasteiger partial charge in [0.1, 0.15) is 5.75 Å². The number of benzene rings is 1. The lowest BCUT2D eigenvalue weighted by atomic mass is 9.97. The molecular formula is C18H28N2O4S. The van der Waals surface area contributed by atoms with Gasteiger partial charge in [0.25, 0.3) is 0 Å². The van der Waals surface area contributed by atoms with Crippen LogP contribution in [0.3, 0.4) is 0 Å². The Morgan fingerprint density at radius 2 is 2.00 bits per heavy atom. The smallest absolute Gasteiger partial charge is 0.224 e. The molecule has 0 unspecified atom stereocenters. The molecule has 1 aromatic rings. The van der Waals surface area contributed by atoms with Gasteiger partial charge in [0.15, 0.2) is 0 Å². The standard InChI is InChI=1S/C18H28N2O4S/c1-4-17(14-8-10-16(24-3)11-9-14)19-18(21)15-7-6-12-20(13-15)25(22,23)5-2/h8-11,15,17H,4-7,12-13H2,1-3H3,(H,19,21)/t15-,17+/m0/s1. The monoisotopic (exact) mass is 368 g/mol. The Morgan fingerprint density at radius 3 is 2.56 bits per heavy atom. The summed E-state index contributed by atoms with van der Waals surface area (Å²) in [5, 5.41) is 3.08. The molecule has 0 bridgehead atoms. The fourth-order valence-electron chi connectivity index (χ4n) is 3.14. The zero-order chi connectivity index (χ0) is 18.4. The highest BCUT2D eigenvalue weighted by Gasteiger charge is 2.32. The Labute approximate surface area is 150 Å². The number of sulfonamides is 1. The Morgan fingerprint density at radius 1 is 1.32 bits per heavy atom. The molecule has 1 fully saturated rings. The fourth-order valence-corrected chi connectivity index (χ4v) is 4.32. The first-order chi connectivity index (χ1) is 11.9.